The van der Waals surface area contributed by atoms with E-state index >= 15 is 0 Å². The Balaban J connectivity index is 2.62. The van der Waals surface area contributed by atoms with Crippen molar-refractivity contribution >= 4 is 29.1 Å². The van der Waals surface area contributed by atoms with Crippen molar-refractivity contribution in [3.05, 3.63) is 23.5 Å². The average Bonchev–Trinajstić information content (AvgIpc) is 2.20. The lowest BCUT2D eigenvalue weighted by atomic mass is 10.2. The molecule has 0 fully saturated rings. The second-order valence-electron chi connectivity index (χ2n) is 3.06. The van der Waals surface area contributed by atoms with Gasteiger partial charge in [0.05, 0.1) is 10.7 Å². The maximum Gasteiger partial charge on any atom is 0.0820 e. The van der Waals surface area contributed by atoms with E-state index < -0.39 is 0 Å². The summed E-state index contributed by atoms with van der Waals surface area (Å²) in [5, 5.41) is 4.09. The fraction of sp³-hybridized carbons (Fsp3) is 0.500. The fourth-order valence-electron chi connectivity index (χ4n) is 1.17. The lowest BCUT2D eigenvalue weighted by molar-refractivity contribution is 0.775. The van der Waals surface area contributed by atoms with Crippen molar-refractivity contribution in [2.45, 2.75) is 19.4 Å². The van der Waals surface area contributed by atoms with Crippen molar-refractivity contribution in [2.75, 3.05) is 17.3 Å². The Hall–Kier alpha value is -0.410. The van der Waals surface area contributed by atoms with E-state index in [1.54, 1.807) is 12.4 Å². The molecule has 0 bridgehead atoms. The van der Waals surface area contributed by atoms with Gasteiger partial charge in [0.1, 0.15) is 0 Å². The molecule has 14 heavy (non-hydrogen) atoms. The summed E-state index contributed by atoms with van der Waals surface area (Å²) >= 11 is 7.83. The number of pyridine rings is 1. The van der Waals surface area contributed by atoms with Gasteiger partial charge in [-0.1, -0.05) is 18.5 Å². The zero-order valence-electron chi connectivity index (χ0n) is 8.46. The predicted molar refractivity (Wildman–Crippen MR) is 65.3 cm³/mol. The first-order chi connectivity index (χ1) is 6.77. The molecule has 1 unspecified atom stereocenters. The molecule has 0 saturated heterocycles. The van der Waals surface area contributed by atoms with Crippen molar-refractivity contribution in [3.63, 3.8) is 0 Å². The van der Waals surface area contributed by atoms with Crippen LogP contribution in [0.3, 0.4) is 0 Å². The maximum absolute atomic E-state index is 5.99. The van der Waals surface area contributed by atoms with Gasteiger partial charge in [-0.2, -0.15) is 11.8 Å². The largest absolute Gasteiger partial charge is 0.380 e. The smallest absolute Gasteiger partial charge is 0.0820 e. The summed E-state index contributed by atoms with van der Waals surface area (Å²) in [5.41, 5.74) is 0.975. The number of nitrogens with one attached hydrogen (secondary N) is 1. The van der Waals surface area contributed by atoms with Crippen molar-refractivity contribution in [1.82, 2.24) is 4.98 Å². The molecule has 1 aromatic heterocycles. The quantitative estimate of drug-likeness (QED) is 0.841. The Morgan fingerprint density at radius 1 is 1.64 bits per heavy atom. The first kappa shape index (κ1) is 11.7. The summed E-state index contributed by atoms with van der Waals surface area (Å²) in [6.07, 6.45) is 6.62. The van der Waals surface area contributed by atoms with Crippen LogP contribution in [-0.4, -0.2) is 23.0 Å². The Morgan fingerprint density at radius 2 is 2.43 bits per heavy atom. The number of aromatic nitrogens is 1. The Labute approximate surface area is 94.5 Å². The van der Waals surface area contributed by atoms with Gasteiger partial charge in [0.2, 0.25) is 0 Å². The highest BCUT2D eigenvalue weighted by Gasteiger charge is 2.06. The van der Waals surface area contributed by atoms with Gasteiger partial charge in [0, 0.05) is 24.2 Å². The van der Waals surface area contributed by atoms with Crippen molar-refractivity contribution in [3.8, 4) is 0 Å². The van der Waals surface area contributed by atoms with Crippen molar-refractivity contribution in [2.24, 2.45) is 0 Å². The van der Waals surface area contributed by atoms with E-state index in [1.165, 1.54) is 0 Å². The molecule has 1 aromatic rings. The molecule has 1 heterocycles. The minimum Gasteiger partial charge on any atom is -0.380 e. The lowest BCUT2D eigenvalue weighted by Crippen LogP contribution is -2.21. The first-order valence-corrected chi connectivity index (χ1v) is 6.40. The van der Waals surface area contributed by atoms with Gasteiger partial charge in [-0.3, -0.25) is 4.98 Å². The molecule has 0 aromatic carbocycles. The fourth-order valence-corrected chi connectivity index (χ4v) is 2.07. The molecule has 0 amide bonds. The third-order valence-corrected chi connectivity index (χ3v) is 3.03. The number of hydrogen-bond donors (Lipinski definition) is 1. The third-order valence-electron chi connectivity index (χ3n) is 1.99. The zero-order chi connectivity index (χ0) is 10.4. The summed E-state index contributed by atoms with van der Waals surface area (Å²) in [6, 6.07) is 2.38. The summed E-state index contributed by atoms with van der Waals surface area (Å²) in [7, 11) is 0. The molecule has 4 heteroatoms. The maximum atomic E-state index is 5.99. The van der Waals surface area contributed by atoms with E-state index in [4.69, 9.17) is 11.6 Å². The molecular formula is C10H15ClN2S. The van der Waals surface area contributed by atoms with Gasteiger partial charge in [-0.25, -0.2) is 0 Å². The van der Waals surface area contributed by atoms with Crippen LogP contribution in [0.5, 0.6) is 0 Å². The van der Waals surface area contributed by atoms with Gasteiger partial charge in [0.25, 0.3) is 0 Å². The predicted octanol–water partition coefficient (Wildman–Crippen LogP) is 3.29. The number of hydrogen-bond acceptors (Lipinski definition) is 3. The van der Waals surface area contributed by atoms with Crippen LogP contribution in [0.25, 0.3) is 0 Å². The van der Waals surface area contributed by atoms with E-state index in [9.17, 15) is 0 Å². The second kappa shape index (κ2) is 6.14. The van der Waals surface area contributed by atoms with E-state index in [1.807, 2.05) is 17.8 Å². The minimum atomic E-state index is 0.477. The number of nitrogens with zero attached hydrogens (tertiary/aromatic N) is 1. The van der Waals surface area contributed by atoms with Crippen LogP contribution in [0.4, 0.5) is 5.69 Å². The molecule has 0 aliphatic rings. The van der Waals surface area contributed by atoms with Crippen LogP contribution in [-0.2, 0) is 0 Å². The highest BCUT2D eigenvalue weighted by Crippen LogP contribution is 2.21. The highest BCUT2D eigenvalue weighted by molar-refractivity contribution is 7.98. The number of anilines is 1. The van der Waals surface area contributed by atoms with Crippen LogP contribution in [0.1, 0.15) is 13.3 Å². The molecule has 1 rings (SSSR count). The van der Waals surface area contributed by atoms with Crippen LogP contribution in [0, 0.1) is 0 Å². The van der Waals surface area contributed by atoms with E-state index in [0.29, 0.717) is 11.1 Å². The van der Waals surface area contributed by atoms with Gasteiger partial charge in [0.15, 0.2) is 0 Å². The van der Waals surface area contributed by atoms with Gasteiger partial charge in [-0.15, -0.1) is 0 Å². The molecule has 78 valence electrons. The van der Waals surface area contributed by atoms with E-state index in [0.717, 1.165) is 17.9 Å². The van der Waals surface area contributed by atoms with Crippen LogP contribution >= 0.6 is 23.4 Å². The Bertz CT molecular complexity index is 281. The SMILES string of the molecule is CCC(CSC)Nc1ccncc1Cl. The molecule has 0 saturated carbocycles. The molecule has 2 nitrogen and oxygen atoms in total. The normalized spacial score (nSPS) is 12.5. The van der Waals surface area contributed by atoms with Gasteiger partial charge < -0.3 is 5.32 Å². The summed E-state index contributed by atoms with van der Waals surface area (Å²) in [5.74, 6) is 1.09. The van der Waals surface area contributed by atoms with E-state index in [-0.39, 0.29) is 0 Å². The molecule has 0 spiro atoms. The number of thioether (sulfide) groups is 1. The average molecular weight is 231 g/mol. The monoisotopic (exact) mass is 230 g/mol. The molecule has 1 atom stereocenters. The molecular weight excluding hydrogens is 216 g/mol. The van der Waals surface area contributed by atoms with Crippen molar-refractivity contribution < 1.29 is 0 Å². The molecule has 1 N–H and O–H groups in total. The second-order valence-corrected chi connectivity index (χ2v) is 4.38. The zero-order valence-corrected chi connectivity index (χ0v) is 10.0. The van der Waals surface area contributed by atoms with Crippen LogP contribution < -0.4 is 5.32 Å². The first-order valence-electron chi connectivity index (χ1n) is 4.63. The number of halogens is 1. The standard InChI is InChI=1S/C10H15ClN2S/c1-3-8(7-14-2)13-10-4-5-12-6-9(10)11/h4-6,8H,3,7H2,1-2H3,(H,12,13). The van der Waals surface area contributed by atoms with Crippen LogP contribution in [0.2, 0.25) is 5.02 Å². The van der Waals surface area contributed by atoms with Crippen molar-refractivity contribution in [1.29, 1.82) is 0 Å². The summed E-state index contributed by atoms with van der Waals surface area (Å²) in [6.45, 7) is 2.17. The summed E-state index contributed by atoms with van der Waals surface area (Å²) in [4.78, 5) is 3.95. The topological polar surface area (TPSA) is 24.9 Å². The molecule has 0 radical (unpaired) electrons. The lowest BCUT2D eigenvalue weighted by Gasteiger charge is -2.17. The van der Waals surface area contributed by atoms with Crippen LogP contribution in [0.15, 0.2) is 18.5 Å². The molecule has 0 aliphatic carbocycles. The third kappa shape index (κ3) is 3.39. The Morgan fingerprint density at radius 3 is 3.00 bits per heavy atom. The highest BCUT2D eigenvalue weighted by atomic mass is 35.5. The Kier molecular flexibility index (Phi) is 5.12. The molecule has 0 aliphatic heterocycles. The number of rotatable bonds is 5. The van der Waals surface area contributed by atoms with Gasteiger partial charge >= 0.3 is 0 Å². The van der Waals surface area contributed by atoms with Gasteiger partial charge in [-0.05, 0) is 18.7 Å². The summed E-state index contributed by atoms with van der Waals surface area (Å²) < 4.78 is 0. The minimum absolute atomic E-state index is 0.477. The van der Waals surface area contributed by atoms with E-state index in [2.05, 4.69) is 23.5 Å².